The molecule has 0 aliphatic rings. The molecule has 0 bridgehead atoms. The van der Waals surface area contributed by atoms with Gasteiger partial charge in [0, 0.05) is 0 Å². The monoisotopic (exact) mass is 161 g/mol. The summed E-state index contributed by atoms with van der Waals surface area (Å²) in [6.07, 6.45) is 3.04. The smallest absolute Gasteiger partial charge is 0.364 e. The van der Waals surface area contributed by atoms with Crippen LogP contribution < -0.4 is 5.73 Å². The molecular formula is C7H12FNO2. The van der Waals surface area contributed by atoms with E-state index in [4.69, 9.17) is 10.8 Å². The summed E-state index contributed by atoms with van der Waals surface area (Å²) in [7, 11) is 0. The lowest BCUT2D eigenvalue weighted by Gasteiger charge is -1.91. The van der Waals surface area contributed by atoms with E-state index >= 15 is 0 Å². The lowest BCUT2D eigenvalue weighted by atomic mass is 10.2. The van der Waals surface area contributed by atoms with Gasteiger partial charge in [0.15, 0.2) is 0 Å². The molecule has 0 aliphatic carbocycles. The van der Waals surface area contributed by atoms with Crippen LogP contribution in [0.25, 0.3) is 0 Å². The second kappa shape index (κ2) is 5.85. The van der Waals surface area contributed by atoms with Crippen LogP contribution in [-0.2, 0) is 4.79 Å². The normalized spacial score (nSPS) is 11.6. The van der Waals surface area contributed by atoms with Crippen LogP contribution in [0.3, 0.4) is 0 Å². The molecule has 0 aromatic rings. The van der Waals surface area contributed by atoms with Gasteiger partial charge in [0.2, 0.25) is 5.83 Å². The number of unbranched alkanes of at least 4 members (excludes halogenated alkanes) is 2. The van der Waals surface area contributed by atoms with Crippen molar-refractivity contribution in [2.75, 3.05) is 6.54 Å². The standard InChI is InChI=1S/C7H12FNO2/c8-6(7(10)11)4-2-1-3-5-9/h4H,1-3,5,9H2,(H,10,11). The Balaban J connectivity index is 3.48. The number of aliphatic carboxylic acids is 1. The molecule has 0 saturated heterocycles. The van der Waals surface area contributed by atoms with Gasteiger partial charge < -0.3 is 10.8 Å². The summed E-state index contributed by atoms with van der Waals surface area (Å²) in [6.45, 7) is 0.558. The van der Waals surface area contributed by atoms with Crippen molar-refractivity contribution in [1.82, 2.24) is 0 Å². The zero-order valence-electron chi connectivity index (χ0n) is 6.22. The highest BCUT2D eigenvalue weighted by Crippen LogP contribution is 2.02. The molecule has 0 saturated carbocycles. The summed E-state index contributed by atoms with van der Waals surface area (Å²) in [4.78, 5) is 9.90. The van der Waals surface area contributed by atoms with Gasteiger partial charge in [0.25, 0.3) is 0 Å². The fraction of sp³-hybridized carbons (Fsp3) is 0.571. The quantitative estimate of drug-likeness (QED) is 0.468. The first-order valence-corrected chi connectivity index (χ1v) is 3.47. The van der Waals surface area contributed by atoms with Crippen molar-refractivity contribution in [2.24, 2.45) is 5.73 Å². The molecule has 0 unspecified atom stereocenters. The molecule has 0 heterocycles. The predicted octanol–water partition coefficient (Wildman–Crippen LogP) is 1.05. The number of carbonyl (C=O) groups is 1. The molecule has 3 N–H and O–H groups in total. The van der Waals surface area contributed by atoms with E-state index in [0.29, 0.717) is 13.0 Å². The first kappa shape index (κ1) is 10.1. The highest BCUT2D eigenvalue weighted by molar-refractivity contribution is 5.83. The third-order valence-corrected chi connectivity index (χ3v) is 1.19. The van der Waals surface area contributed by atoms with Gasteiger partial charge in [-0.1, -0.05) is 0 Å². The first-order valence-electron chi connectivity index (χ1n) is 3.47. The van der Waals surface area contributed by atoms with Crippen LogP contribution in [-0.4, -0.2) is 17.6 Å². The minimum atomic E-state index is -1.50. The summed E-state index contributed by atoms with van der Waals surface area (Å²) in [5.74, 6) is -2.58. The predicted molar refractivity (Wildman–Crippen MR) is 39.7 cm³/mol. The Hall–Kier alpha value is -0.900. The SMILES string of the molecule is NCCCCC=C(F)C(=O)O. The minimum Gasteiger partial charge on any atom is -0.476 e. The fourth-order valence-corrected chi connectivity index (χ4v) is 0.605. The maximum atomic E-state index is 12.2. The van der Waals surface area contributed by atoms with E-state index in [1.54, 1.807) is 0 Å². The second-order valence-electron chi connectivity index (χ2n) is 2.14. The van der Waals surface area contributed by atoms with Gasteiger partial charge in [0.05, 0.1) is 0 Å². The summed E-state index contributed by atoms with van der Waals surface area (Å²) in [5, 5.41) is 8.07. The number of halogens is 1. The summed E-state index contributed by atoms with van der Waals surface area (Å²) < 4.78 is 12.2. The third-order valence-electron chi connectivity index (χ3n) is 1.19. The van der Waals surface area contributed by atoms with Gasteiger partial charge in [-0.05, 0) is 31.9 Å². The number of rotatable bonds is 5. The third kappa shape index (κ3) is 5.54. The average Bonchev–Trinajstić information content (AvgIpc) is 1.97. The molecule has 0 aromatic carbocycles. The Morgan fingerprint density at radius 1 is 1.55 bits per heavy atom. The molecule has 0 radical (unpaired) electrons. The van der Waals surface area contributed by atoms with E-state index < -0.39 is 11.8 Å². The van der Waals surface area contributed by atoms with E-state index in [2.05, 4.69) is 0 Å². The second-order valence-corrected chi connectivity index (χ2v) is 2.14. The molecule has 0 atom stereocenters. The van der Waals surface area contributed by atoms with Gasteiger partial charge in [-0.25, -0.2) is 4.79 Å². The topological polar surface area (TPSA) is 63.3 Å². The number of carboxylic acid groups (broad SMARTS) is 1. The molecule has 0 aromatic heterocycles. The molecule has 4 heteroatoms. The van der Waals surface area contributed by atoms with Crippen LogP contribution in [0, 0.1) is 0 Å². The molecule has 0 spiro atoms. The summed E-state index contributed by atoms with van der Waals surface area (Å²) in [5.41, 5.74) is 5.17. The van der Waals surface area contributed by atoms with E-state index in [1.165, 1.54) is 0 Å². The van der Waals surface area contributed by atoms with Crippen LogP contribution in [0.4, 0.5) is 4.39 Å². The minimum absolute atomic E-state index is 0.440. The molecule has 0 aliphatic heterocycles. The Morgan fingerprint density at radius 2 is 2.18 bits per heavy atom. The van der Waals surface area contributed by atoms with Gasteiger partial charge >= 0.3 is 5.97 Å². The van der Waals surface area contributed by atoms with Crippen LogP contribution in [0.1, 0.15) is 19.3 Å². The van der Waals surface area contributed by atoms with E-state index in [0.717, 1.165) is 18.9 Å². The highest BCUT2D eigenvalue weighted by Gasteiger charge is 2.02. The zero-order valence-corrected chi connectivity index (χ0v) is 6.22. The van der Waals surface area contributed by atoms with Gasteiger partial charge in [0.1, 0.15) is 0 Å². The van der Waals surface area contributed by atoms with Crippen LogP contribution in [0.15, 0.2) is 11.9 Å². The van der Waals surface area contributed by atoms with Crippen molar-refractivity contribution in [1.29, 1.82) is 0 Å². The lowest BCUT2D eigenvalue weighted by molar-refractivity contribution is -0.134. The van der Waals surface area contributed by atoms with Crippen molar-refractivity contribution in [3.05, 3.63) is 11.9 Å². The molecule has 0 fully saturated rings. The molecule has 11 heavy (non-hydrogen) atoms. The van der Waals surface area contributed by atoms with Gasteiger partial charge in [-0.15, -0.1) is 0 Å². The number of allylic oxidation sites excluding steroid dienone is 1. The van der Waals surface area contributed by atoms with Crippen LogP contribution >= 0.6 is 0 Å². The molecule has 64 valence electrons. The number of hydrogen-bond donors (Lipinski definition) is 2. The van der Waals surface area contributed by atoms with Crippen LogP contribution in [0.2, 0.25) is 0 Å². The molecular weight excluding hydrogens is 149 g/mol. The Bertz CT molecular complexity index is 157. The Labute approximate surface area is 64.7 Å². The fourth-order valence-electron chi connectivity index (χ4n) is 0.605. The van der Waals surface area contributed by atoms with Crippen molar-refractivity contribution in [3.8, 4) is 0 Å². The van der Waals surface area contributed by atoms with E-state index in [-0.39, 0.29) is 0 Å². The Kier molecular flexibility index (Phi) is 5.37. The van der Waals surface area contributed by atoms with Crippen molar-refractivity contribution >= 4 is 5.97 Å². The molecule has 0 rings (SSSR count). The first-order chi connectivity index (χ1) is 5.18. The van der Waals surface area contributed by atoms with Crippen molar-refractivity contribution < 1.29 is 14.3 Å². The zero-order chi connectivity index (χ0) is 8.69. The van der Waals surface area contributed by atoms with E-state index in [9.17, 15) is 9.18 Å². The van der Waals surface area contributed by atoms with Gasteiger partial charge in [-0.3, -0.25) is 0 Å². The molecule has 3 nitrogen and oxygen atoms in total. The largest absolute Gasteiger partial charge is 0.476 e. The van der Waals surface area contributed by atoms with Crippen LogP contribution in [0.5, 0.6) is 0 Å². The summed E-state index contributed by atoms with van der Waals surface area (Å²) >= 11 is 0. The number of hydrogen-bond acceptors (Lipinski definition) is 2. The van der Waals surface area contributed by atoms with E-state index in [1.807, 2.05) is 0 Å². The average molecular weight is 161 g/mol. The summed E-state index contributed by atoms with van der Waals surface area (Å²) in [6, 6.07) is 0. The lowest BCUT2D eigenvalue weighted by Crippen LogP contribution is -1.98. The maximum Gasteiger partial charge on any atom is 0.364 e. The molecule has 0 amide bonds. The van der Waals surface area contributed by atoms with Crippen molar-refractivity contribution in [2.45, 2.75) is 19.3 Å². The maximum absolute atomic E-state index is 12.2. The highest BCUT2D eigenvalue weighted by atomic mass is 19.1. The number of nitrogens with two attached hydrogens (primary N) is 1. The Morgan fingerprint density at radius 3 is 2.64 bits per heavy atom. The number of carboxylic acids is 1. The van der Waals surface area contributed by atoms with Gasteiger partial charge in [-0.2, -0.15) is 4.39 Å². The van der Waals surface area contributed by atoms with Crippen molar-refractivity contribution in [3.63, 3.8) is 0 Å².